The zero-order valence-corrected chi connectivity index (χ0v) is 15.1. The van der Waals surface area contributed by atoms with Crippen molar-refractivity contribution in [2.45, 2.75) is 39.3 Å². The Morgan fingerprint density at radius 1 is 1.33 bits per heavy atom. The van der Waals surface area contributed by atoms with Gasteiger partial charge in [-0.3, -0.25) is 4.79 Å². The molecule has 0 aliphatic carbocycles. The van der Waals surface area contributed by atoms with Crippen LogP contribution in [0, 0.1) is 18.3 Å². The Balaban J connectivity index is 2.36. The smallest absolute Gasteiger partial charge is 0.331 e. The number of ether oxygens (including phenoxy) is 1. The second-order valence-corrected chi connectivity index (χ2v) is 7.07. The maximum Gasteiger partial charge on any atom is 0.331 e. The molecule has 1 unspecified atom stereocenters. The van der Waals surface area contributed by atoms with Crippen molar-refractivity contribution < 1.29 is 14.3 Å². The normalized spacial score (nSPS) is 18.3. The summed E-state index contributed by atoms with van der Waals surface area (Å²) in [5, 5.41) is 9.27. The van der Waals surface area contributed by atoms with E-state index in [0.29, 0.717) is 16.8 Å². The molecule has 1 heterocycles. The van der Waals surface area contributed by atoms with Crippen molar-refractivity contribution in [3.05, 3.63) is 28.3 Å². The molecule has 0 radical (unpaired) electrons. The number of hydrogen-bond donors (Lipinski definition) is 0. The molecule has 1 aromatic rings. The van der Waals surface area contributed by atoms with Crippen LogP contribution in [0.4, 0.5) is 10.5 Å². The number of nitriles is 1. The average molecular weight is 350 g/mol. The molecule has 0 N–H and O–H groups in total. The van der Waals surface area contributed by atoms with Crippen LogP contribution in [0.3, 0.4) is 0 Å². The minimum absolute atomic E-state index is 0.115. The van der Waals surface area contributed by atoms with Crippen molar-refractivity contribution in [2.24, 2.45) is 0 Å². The van der Waals surface area contributed by atoms with Gasteiger partial charge >= 0.3 is 6.03 Å². The fourth-order valence-corrected chi connectivity index (χ4v) is 2.64. The second-order valence-electron chi connectivity index (χ2n) is 6.69. The highest BCUT2D eigenvalue weighted by Gasteiger charge is 2.45. The zero-order valence-electron chi connectivity index (χ0n) is 14.4. The molecule has 6 nitrogen and oxygen atoms in total. The van der Waals surface area contributed by atoms with E-state index in [1.54, 1.807) is 20.0 Å². The van der Waals surface area contributed by atoms with Crippen LogP contribution >= 0.6 is 11.6 Å². The number of urea groups is 1. The summed E-state index contributed by atoms with van der Waals surface area (Å²) in [5.74, 6) is -0.365. The number of halogens is 1. The van der Waals surface area contributed by atoms with Crippen molar-refractivity contribution in [1.29, 1.82) is 5.26 Å². The van der Waals surface area contributed by atoms with Crippen LogP contribution in [0.15, 0.2) is 12.1 Å². The van der Waals surface area contributed by atoms with Gasteiger partial charge in [-0.25, -0.2) is 9.69 Å². The van der Waals surface area contributed by atoms with E-state index in [4.69, 9.17) is 21.6 Å². The van der Waals surface area contributed by atoms with Crippen molar-refractivity contribution >= 4 is 29.2 Å². The molecule has 0 aromatic heterocycles. The van der Waals surface area contributed by atoms with Gasteiger partial charge in [0.1, 0.15) is 12.1 Å². The molecular weight excluding hydrogens is 330 g/mol. The highest BCUT2D eigenvalue weighted by Crippen LogP contribution is 2.33. The van der Waals surface area contributed by atoms with Gasteiger partial charge in [-0.2, -0.15) is 5.26 Å². The van der Waals surface area contributed by atoms with E-state index in [0.717, 1.165) is 4.90 Å². The van der Waals surface area contributed by atoms with Crippen molar-refractivity contribution in [1.82, 2.24) is 4.90 Å². The molecule has 3 amide bonds. The van der Waals surface area contributed by atoms with Crippen LogP contribution in [0.5, 0.6) is 0 Å². The predicted octanol–water partition coefficient (Wildman–Crippen LogP) is 3.10. The van der Waals surface area contributed by atoms with Crippen LogP contribution < -0.4 is 4.90 Å². The fourth-order valence-electron chi connectivity index (χ4n) is 2.44. The van der Waals surface area contributed by atoms with Crippen molar-refractivity contribution in [2.75, 3.05) is 18.6 Å². The van der Waals surface area contributed by atoms with Gasteiger partial charge in [-0.1, -0.05) is 11.6 Å². The summed E-state index contributed by atoms with van der Waals surface area (Å²) in [6.45, 7) is 7.45. The van der Waals surface area contributed by atoms with E-state index >= 15 is 0 Å². The quantitative estimate of drug-likeness (QED) is 0.786. The number of rotatable bonds is 3. The highest BCUT2D eigenvalue weighted by atomic mass is 35.5. The molecule has 0 spiro atoms. The Labute approximate surface area is 146 Å². The lowest BCUT2D eigenvalue weighted by Crippen LogP contribution is -2.38. The van der Waals surface area contributed by atoms with E-state index in [1.807, 2.05) is 26.8 Å². The minimum atomic E-state index is -0.689. The first-order valence-electron chi connectivity index (χ1n) is 7.52. The number of nitrogens with zero attached hydrogens (tertiary/aromatic N) is 3. The lowest BCUT2D eigenvalue weighted by Gasteiger charge is -2.23. The first-order valence-corrected chi connectivity index (χ1v) is 7.90. The van der Waals surface area contributed by atoms with E-state index in [9.17, 15) is 9.59 Å². The molecule has 7 heteroatoms. The zero-order chi connectivity index (χ0) is 18.2. The molecule has 1 atom stereocenters. The minimum Gasteiger partial charge on any atom is -0.373 e. The molecule has 1 fully saturated rings. The standard InChI is InChI=1S/C17H20ClN3O3/c1-10-12(7-6-11(8-19)14(10)18)21-15(22)13(20(5)16(21)23)9-24-17(2,3)4/h6-7,13H,9H2,1-5H3. The SMILES string of the molecule is Cc1c(N2C(=O)C(COC(C)(C)C)N(C)C2=O)ccc(C#N)c1Cl. The summed E-state index contributed by atoms with van der Waals surface area (Å²) < 4.78 is 5.67. The molecule has 128 valence electrons. The summed E-state index contributed by atoms with van der Waals surface area (Å²) in [7, 11) is 1.57. The monoisotopic (exact) mass is 349 g/mol. The summed E-state index contributed by atoms with van der Waals surface area (Å²) in [6, 6.07) is 3.92. The molecule has 1 saturated heterocycles. The van der Waals surface area contributed by atoms with Gasteiger partial charge in [0, 0.05) is 7.05 Å². The van der Waals surface area contributed by atoms with Gasteiger partial charge in [-0.05, 0) is 45.4 Å². The Morgan fingerprint density at radius 3 is 2.50 bits per heavy atom. The van der Waals surface area contributed by atoms with E-state index in [-0.39, 0.29) is 17.5 Å². The van der Waals surface area contributed by atoms with Crippen LogP contribution in [-0.2, 0) is 9.53 Å². The Kier molecular flexibility index (Phi) is 4.88. The lowest BCUT2D eigenvalue weighted by atomic mass is 10.1. The number of amides is 3. The van der Waals surface area contributed by atoms with E-state index in [1.165, 1.54) is 11.0 Å². The molecule has 0 bridgehead atoms. The van der Waals surface area contributed by atoms with Crippen molar-refractivity contribution in [3.8, 4) is 6.07 Å². The van der Waals surface area contributed by atoms with Gasteiger partial charge in [-0.15, -0.1) is 0 Å². The Morgan fingerprint density at radius 2 is 1.96 bits per heavy atom. The number of carbonyl (C=O) groups excluding carboxylic acids is 2. The molecule has 1 aliphatic heterocycles. The summed E-state index contributed by atoms with van der Waals surface area (Å²) in [6.07, 6.45) is 0. The lowest BCUT2D eigenvalue weighted by molar-refractivity contribution is -0.123. The summed E-state index contributed by atoms with van der Waals surface area (Å²) >= 11 is 6.16. The molecule has 2 rings (SSSR count). The number of carbonyl (C=O) groups is 2. The molecule has 24 heavy (non-hydrogen) atoms. The second kappa shape index (κ2) is 6.42. The Bertz CT molecular complexity index is 734. The van der Waals surface area contributed by atoms with Gasteiger partial charge in [0.15, 0.2) is 0 Å². The van der Waals surface area contributed by atoms with Gasteiger partial charge in [0.05, 0.1) is 28.5 Å². The molecule has 1 aliphatic rings. The largest absolute Gasteiger partial charge is 0.373 e. The van der Waals surface area contributed by atoms with Gasteiger partial charge in [0.2, 0.25) is 0 Å². The maximum atomic E-state index is 12.7. The van der Waals surface area contributed by atoms with Gasteiger partial charge < -0.3 is 9.64 Å². The third-order valence-corrected chi connectivity index (χ3v) is 4.35. The predicted molar refractivity (Wildman–Crippen MR) is 91.0 cm³/mol. The third kappa shape index (κ3) is 3.23. The van der Waals surface area contributed by atoms with Crippen LogP contribution in [0.25, 0.3) is 0 Å². The van der Waals surface area contributed by atoms with E-state index in [2.05, 4.69) is 0 Å². The molecule has 1 aromatic carbocycles. The van der Waals surface area contributed by atoms with Crippen LogP contribution in [0.2, 0.25) is 5.02 Å². The van der Waals surface area contributed by atoms with Crippen LogP contribution in [0.1, 0.15) is 31.9 Å². The maximum absolute atomic E-state index is 12.7. The van der Waals surface area contributed by atoms with Crippen LogP contribution in [-0.4, -0.2) is 42.1 Å². The highest BCUT2D eigenvalue weighted by molar-refractivity contribution is 6.33. The third-order valence-electron chi connectivity index (χ3n) is 3.86. The molecule has 0 saturated carbocycles. The van der Waals surface area contributed by atoms with E-state index < -0.39 is 17.7 Å². The summed E-state index contributed by atoms with van der Waals surface area (Å²) in [4.78, 5) is 27.7. The van der Waals surface area contributed by atoms with Crippen molar-refractivity contribution in [3.63, 3.8) is 0 Å². The number of likely N-dealkylation sites (N-methyl/N-ethyl adjacent to an activating group) is 1. The number of hydrogen-bond acceptors (Lipinski definition) is 4. The topological polar surface area (TPSA) is 73.6 Å². The fraction of sp³-hybridized carbons (Fsp3) is 0.471. The summed E-state index contributed by atoms with van der Waals surface area (Å²) in [5.41, 5.74) is 0.797. The number of imide groups is 1. The van der Waals surface area contributed by atoms with Gasteiger partial charge in [0.25, 0.3) is 5.91 Å². The first-order chi connectivity index (χ1) is 11.1. The Hall–Kier alpha value is -2.10. The number of benzene rings is 1. The first kappa shape index (κ1) is 18.2. The molecular formula is C17H20ClN3O3. The average Bonchev–Trinajstić information content (AvgIpc) is 2.70. The number of anilines is 1.